The van der Waals surface area contributed by atoms with E-state index in [-0.39, 0.29) is 25.5 Å². The van der Waals surface area contributed by atoms with E-state index in [9.17, 15) is 17.2 Å². The van der Waals surface area contributed by atoms with Crippen molar-refractivity contribution in [2.24, 2.45) is 0 Å². The van der Waals surface area contributed by atoms with Gasteiger partial charge in [-0.05, 0) is 29.7 Å². The Morgan fingerprint density at radius 1 is 0.964 bits per heavy atom. The van der Waals surface area contributed by atoms with E-state index in [0.717, 1.165) is 37.7 Å². The third kappa shape index (κ3) is 3.87. The summed E-state index contributed by atoms with van der Waals surface area (Å²) in [5.74, 6) is -2.10. The van der Waals surface area contributed by atoms with Crippen LogP contribution in [0.4, 0.5) is 14.5 Å². The number of hydrogen-bond acceptors (Lipinski definition) is 4. The van der Waals surface area contributed by atoms with Crippen LogP contribution in [0.2, 0.25) is 0 Å². The highest BCUT2D eigenvalue weighted by molar-refractivity contribution is 7.89. The van der Waals surface area contributed by atoms with Crippen LogP contribution in [-0.2, 0) is 23.0 Å². The van der Waals surface area contributed by atoms with Crippen LogP contribution in [-0.4, -0.2) is 50.3 Å². The summed E-state index contributed by atoms with van der Waals surface area (Å²) in [7, 11) is -4.18. The number of nitrogens with zero attached hydrogens (tertiary/aromatic N) is 2. The lowest BCUT2D eigenvalue weighted by molar-refractivity contribution is 0.181. The van der Waals surface area contributed by atoms with Crippen LogP contribution in [0.1, 0.15) is 11.1 Å². The van der Waals surface area contributed by atoms with Gasteiger partial charge in [-0.25, -0.2) is 17.2 Å². The average molecular weight is 430 g/mol. The number of halogens is 3. The number of anilines is 1. The zero-order valence-electron chi connectivity index (χ0n) is 15.2. The smallest absolute Gasteiger partial charge is 0.249 e. The Bertz CT molecular complexity index is 943. The van der Waals surface area contributed by atoms with Crippen molar-refractivity contribution in [2.45, 2.75) is 17.9 Å². The molecule has 0 saturated carbocycles. The van der Waals surface area contributed by atoms with E-state index >= 15 is 0 Å². The Kier molecular flexibility index (Phi) is 6.24. The molecular weight excluding hydrogens is 408 g/mol. The molecule has 0 atom stereocenters. The lowest BCUT2D eigenvalue weighted by Crippen LogP contribution is -2.48. The van der Waals surface area contributed by atoms with Crippen molar-refractivity contribution in [1.82, 2.24) is 9.21 Å². The first-order chi connectivity index (χ1) is 13.0. The molecule has 2 aromatic carbocycles. The third-order valence-electron chi connectivity index (χ3n) is 5.18. The molecule has 0 spiro atoms. The second-order valence-corrected chi connectivity index (χ2v) is 8.73. The number of sulfonamides is 1. The zero-order chi connectivity index (χ0) is 19.0. The van der Waals surface area contributed by atoms with Gasteiger partial charge in [0.15, 0.2) is 4.90 Å². The summed E-state index contributed by atoms with van der Waals surface area (Å²) in [5.41, 5.74) is 3.69. The molecule has 28 heavy (non-hydrogen) atoms. The van der Waals surface area contributed by atoms with E-state index < -0.39 is 26.6 Å². The molecule has 0 aromatic heterocycles. The minimum Gasteiger partial charge on any atom is -0.384 e. The number of nitrogens with one attached hydrogen (secondary N) is 1. The number of benzene rings is 2. The van der Waals surface area contributed by atoms with Gasteiger partial charge < -0.3 is 5.32 Å². The molecule has 0 amide bonds. The third-order valence-corrected chi connectivity index (χ3v) is 7.13. The van der Waals surface area contributed by atoms with Crippen LogP contribution in [0.3, 0.4) is 0 Å². The molecule has 1 N–H and O–H groups in total. The molecule has 2 heterocycles. The number of hydrogen-bond donors (Lipinski definition) is 1. The van der Waals surface area contributed by atoms with Crippen molar-refractivity contribution in [3.05, 3.63) is 59.2 Å². The molecular formula is C19H22ClF2N3O2S. The Hall–Kier alpha value is -1.74. The SMILES string of the molecule is Cl.O=S(=O)(c1c(F)cccc1F)N1CCN(Cc2cccc3c2NCC3)CC1. The maximum absolute atomic E-state index is 13.9. The molecule has 2 aliphatic rings. The molecule has 0 bridgehead atoms. The zero-order valence-corrected chi connectivity index (χ0v) is 16.8. The second-order valence-electron chi connectivity index (χ2n) is 6.86. The summed E-state index contributed by atoms with van der Waals surface area (Å²) >= 11 is 0. The van der Waals surface area contributed by atoms with Gasteiger partial charge in [-0.3, -0.25) is 4.90 Å². The fourth-order valence-electron chi connectivity index (χ4n) is 3.77. The lowest BCUT2D eigenvalue weighted by atomic mass is 10.1. The first-order valence-electron chi connectivity index (χ1n) is 8.98. The highest BCUT2D eigenvalue weighted by atomic mass is 35.5. The van der Waals surface area contributed by atoms with Crippen LogP contribution in [0.25, 0.3) is 0 Å². The Balaban J connectivity index is 0.00000225. The van der Waals surface area contributed by atoms with Crippen LogP contribution >= 0.6 is 12.4 Å². The molecule has 9 heteroatoms. The van der Waals surface area contributed by atoms with Crippen molar-refractivity contribution >= 4 is 28.1 Å². The van der Waals surface area contributed by atoms with E-state index in [1.54, 1.807) is 0 Å². The van der Waals surface area contributed by atoms with Gasteiger partial charge in [0.05, 0.1) is 0 Å². The minimum atomic E-state index is -4.18. The number of fused-ring (bicyclic) bond motifs is 1. The van der Waals surface area contributed by atoms with E-state index in [4.69, 9.17) is 0 Å². The standard InChI is InChI=1S/C19H21F2N3O2S.ClH/c20-16-5-2-6-17(21)19(16)27(25,26)24-11-9-23(10-12-24)13-15-4-1-3-14-7-8-22-18(14)15;/h1-6,22H,7-13H2;1H. The van der Waals surface area contributed by atoms with Crippen LogP contribution in [0, 0.1) is 11.6 Å². The van der Waals surface area contributed by atoms with Gasteiger partial charge in [0.2, 0.25) is 10.0 Å². The van der Waals surface area contributed by atoms with Gasteiger partial charge in [-0.15, -0.1) is 12.4 Å². The van der Waals surface area contributed by atoms with E-state index in [1.807, 2.05) is 6.07 Å². The topological polar surface area (TPSA) is 52.7 Å². The van der Waals surface area contributed by atoms with Crippen molar-refractivity contribution in [1.29, 1.82) is 0 Å². The molecule has 4 rings (SSSR count). The normalized spacial score (nSPS) is 17.6. The highest BCUT2D eigenvalue weighted by Crippen LogP contribution is 2.28. The van der Waals surface area contributed by atoms with Gasteiger partial charge in [0, 0.05) is 45.0 Å². The molecule has 1 saturated heterocycles. The summed E-state index contributed by atoms with van der Waals surface area (Å²) in [6, 6.07) is 9.34. The number of rotatable bonds is 4. The van der Waals surface area contributed by atoms with Gasteiger partial charge in [-0.2, -0.15) is 4.31 Å². The van der Waals surface area contributed by atoms with Crippen LogP contribution < -0.4 is 5.32 Å². The van der Waals surface area contributed by atoms with Crippen molar-refractivity contribution < 1.29 is 17.2 Å². The Morgan fingerprint density at radius 2 is 1.61 bits per heavy atom. The summed E-state index contributed by atoms with van der Waals surface area (Å²) in [6.07, 6.45) is 1.02. The maximum atomic E-state index is 13.9. The number of piperazine rings is 1. The molecule has 1 fully saturated rings. The van der Waals surface area contributed by atoms with Crippen LogP contribution in [0.15, 0.2) is 41.3 Å². The molecule has 0 radical (unpaired) electrons. The molecule has 0 aliphatic carbocycles. The molecule has 2 aliphatic heterocycles. The predicted octanol–water partition coefficient (Wildman–Crippen LogP) is 2.86. The minimum absolute atomic E-state index is 0. The largest absolute Gasteiger partial charge is 0.384 e. The van der Waals surface area contributed by atoms with Gasteiger partial charge in [-0.1, -0.05) is 24.3 Å². The Labute approximate surface area is 169 Å². The molecule has 0 unspecified atom stereocenters. The summed E-state index contributed by atoms with van der Waals surface area (Å²) in [6.45, 7) is 3.10. The molecule has 2 aromatic rings. The highest BCUT2D eigenvalue weighted by Gasteiger charge is 2.33. The first kappa shape index (κ1) is 21.0. The lowest BCUT2D eigenvalue weighted by Gasteiger charge is -2.34. The van der Waals surface area contributed by atoms with E-state index in [0.29, 0.717) is 13.1 Å². The van der Waals surface area contributed by atoms with Crippen molar-refractivity contribution in [3.8, 4) is 0 Å². The predicted molar refractivity (Wildman–Crippen MR) is 106 cm³/mol. The van der Waals surface area contributed by atoms with Crippen molar-refractivity contribution in [2.75, 3.05) is 38.0 Å². The summed E-state index contributed by atoms with van der Waals surface area (Å²) in [5, 5.41) is 3.41. The fraction of sp³-hybridized carbons (Fsp3) is 0.368. The van der Waals surface area contributed by atoms with Gasteiger partial charge in [0.1, 0.15) is 11.6 Å². The quantitative estimate of drug-likeness (QED) is 0.812. The maximum Gasteiger partial charge on any atom is 0.249 e. The summed E-state index contributed by atoms with van der Waals surface area (Å²) < 4.78 is 54.4. The van der Waals surface area contributed by atoms with Gasteiger partial charge in [0.25, 0.3) is 0 Å². The van der Waals surface area contributed by atoms with E-state index in [2.05, 4.69) is 22.3 Å². The summed E-state index contributed by atoms with van der Waals surface area (Å²) in [4.78, 5) is 1.31. The van der Waals surface area contributed by atoms with E-state index in [1.165, 1.54) is 21.1 Å². The van der Waals surface area contributed by atoms with Gasteiger partial charge >= 0.3 is 0 Å². The number of para-hydroxylation sites is 1. The monoisotopic (exact) mass is 429 g/mol. The Morgan fingerprint density at radius 3 is 2.29 bits per heavy atom. The average Bonchev–Trinajstić information content (AvgIpc) is 3.12. The van der Waals surface area contributed by atoms with Crippen LogP contribution in [0.5, 0.6) is 0 Å². The molecule has 152 valence electrons. The van der Waals surface area contributed by atoms with Crippen molar-refractivity contribution in [3.63, 3.8) is 0 Å². The first-order valence-corrected chi connectivity index (χ1v) is 10.4. The fourth-order valence-corrected chi connectivity index (χ4v) is 5.30. The molecule has 5 nitrogen and oxygen atoms in total. The second kappa shape index (κ2) is 8.32.